The molecule has 1 fully saturated rings. The second-order valence-corrected chi connectivity index (χ2v) is 9.60. The fourth-order valence-corrected chi connectivity index (χ4v) is 5.54. The van der Waals surface area contributed by atoms with Crippen molar-refractivity contribution in [2.75, 3.05) is 12.0 Å². The Bertz CT molecular complexity index is 1430. The number of nitrogens with zero attached hydrogens (tertiary/aromatic N) is 3. The van der Waals surface area contributed by atoms with Crippen molar-refractivity contribution in [3.63, 3.8) is 0 Å². The molecule has 2 aromatic carbocycles. The molecule has 1 saturated heterocycles. The minimum Gasteiger partial charge on any atom is -0.465 e. The van der Waals surface area contributed by atoms with Gasteiger partial charge in [-0.1, -0.05) is 25.1 Å². The molecule has 4 aromatic rings. The van der Waals surface area contributed by atoms with Crippen molar-refractivity contribution in [3.8, 4) is 5.69 Å². The first-order chi connectivity index (χ1) is 17.9. The highest BCUT2D eigenvalue weighted by Crippen LogP contribution is 2.43. The van der Waals surface area contributed by atoms with Gasteiger partial charge in [-0.3, -0.25) is 4.98 Å². The summed E-state index contributed by atoms with van der Waals surface area (Å²) in [6.45, 7) is 6.39. The van der Waals surface area contributed by atoms with Gasteiger partial charge >= 0.3 is 5.97 Å². The predicted molar refractivity (Wildman–Crippen MR) is 150 cm³/mol. The molecule has 0 bridgehead atoms. The summed E-state index contributed by atoms with van der Waals surface area (Å²) in [5, 5.41) is 4.23. The van der Waals surface area contributed by atoms with Gasteiger partial charge in [0, 0.05) is 29.0 Å². The Balaban J connectivity index is 1.62. The van der Waals surface area contributed by atoms with Gasteiger partial charge in [0.1, 0.15) is 0 Å². The van der Waals surface area contributed by atoms with E-state index in [0.717, 1.165) is 40.4 Å². The van der Waals surface area contributed by atoms with Crippen LogP contribution in [0.5, 0.6) is 0 Å². The van der Waals surface area contributed by atoms with Crippen molar-refractivity contribution in [1.82, 2.24) is 14.9 Å². The van der Waals surface area contributed by atoms with Crippen molar-refractivity contribution in [2.24, 2.45) is 0 Å². The average Bonchev–Trinajstić information content (AvgIpc) is 3.43. The molecule has 0 spiro atoms. The lowest BCUT2D eigenvalue weighted by Gasteiger charge is -2.28. The molecule has 2 atom stereocenters. The Morgan fingerprint density at radius 1 is 1.03 bits per heavy atom. The van der Waals surface area contributed by atoms with Crippen molar-refractivity contribution in [2.45, 2.75) is 39.3 Å². The number of nitrogens with one attached hydrogen (secondary N) is 1. The molecule has 5 rings (SSSR count). The number of hydrogen-bond acceptors (Lipinski definition) is 4. The third-order valence-electron chi connectivity index (χ3n) is 7.06. The van der Waals surface area contributed by atoms with E-state index in [9.17, 15) is 4.79 Å². The maximum Gasteiger partial charge on any atom is 0.337 e. The van der Waals surface area contributed by atoms with Crippen molar-refractivity contribution in [3.05, 3.63) is 113 Å². The number of methoxy groups -OCH3 is 1. The fourth-order valence-electron chi connectivity index (χ4n) is 5.19. The molecule has 1 N–H and O–H groups in total. The number of aryl methyl sites for hydroxylation is 2. The largest absolute Gasteiger partial charge is 0.465 e. The van der Waals surface area contributed by atoms with E-state index in [1.54, 1.807) is 12.1 Å². The van der Waals surface area contributed by atoms with Crippen LogP contribution in [0.1, 0.15) is 57.6 Å². The van der Waals surface area contributed by atoms with Gasteiger partial charge < -0.3 is 19.5 Å². The van der Waals surface area contributed by atoms with E-state index in [1.807, 2.05) is 36.5 Å². The number of anilines is 1. The zero-order valence-electron chi connectivity index (χ0n) is 21.4. The SMILES string of the molecule is CCc1ccc(N2C(=S)N[C@H](c3ccccn3)[C@H]2c2cc(C)n(-c3ccc(C(=O)OC)cc3)c2C)cc1. The molecule has 3 heterocycles. The fraction of sp³-hybridized carbons (Fsp3) is 0.233. The molecule has 6 nitrogen and oxygen atoms in total. The Hall–Kier alpha value is -3.97. The van der Waals surface area contributed by atoms with Gasteiger partial charge in [0.2, 0.25) is 0 Å². The highest BCUT2D eigenvalue weighted by molar-refractivity contribution is 7.80. The molecule has 7 heteroatoms. The summed E-state index contributed by atoms with van der Waals surface area (Å²) in [4.78, 5) is 18.8. The Morgan fingerprint density at radius 3 is 2.35 bits per heavy atom. The number of pyridine rings is 1. The second-order valence-electron chi connectivity index (χ2n) is 9.22. The van der Waals surface area contributed by atoms with Gasteiger partial charge in [-0.2, -0.15) is 0 Å². The first kappa shape index (κ1) is 24.7. The molecular weight excluding hydrogens is 480 g/mol. The summed E-state index contributed by atoms with van der Waals surface area (Å²) in [6, 6.07) is 24.1. The van der Waals surface area contributed by atoms with Crippen LogP contribution in [0.2, 0.25) is 0 Å². The van der Waals surface area contributed by atoms with Gasteiger partial charge in [0.25, 0.3) is 0 Å². The highest BCUT2D eigenvalue weighted by Gasteiger charge is 2.42. The third-order valence-corrected chi connectivity index (χ3v) is 7.37. The van der Waals surface area contributed by atoms with Crippen molar-refractivity contribution >= 4 is 29.0 Å². The first-order valence-corrected chi connectivity index (χ1v) is 12.8. The number of esters is 1. The molecule has 2 aromatic heterocycles. The smallest absolute Gasteiger partial charge is 0.337 e. The third kappa shape index (κ3) is 4.51. The summed E-state index contributed by atoms with van der Waals surface area (Å²) in [5.74, 6) is -0.346. The summed E-state index contributed by atoms with van der Waals surface area (Å²) in [7, 11) is 1.39. The van der Waals surface area contributed by atoms with Crippen LogP contribution in [0, 0.1) is 13.8 Å². The lowest BCUT2D eigenvalue weighted by Crippen LogP contribution is -2.29. The summed E-state index contributed by atoms with van der Waals surface area (Å²) in [6.07, 6.45) is 2.81. The minimum atomic E-state index is -0.346. The van der Waals surface area contributed by atoms with Crippen LogP contribution in [-0.2, 0) is 11.2 Å². The zero-order valence-corrected chi connectivity index (χ0v) is 22.3. The Kier molecular flexibility index (Phi) is 6.80. The lowest BCUT2D eigenvalue weighted by atomic mass is 9.96. The van der Waals surface area contributed by atoms with Crippen LogP contribution in [0.4, 0.5) is 5.69 Å². The van der Waals surface area contributed by atoms with Crippen molar-refractivity contribution < 1.29 is 9.53 Å². The molecule has 0 aliphatic carbocycles. The van der Waals surface area contributed by atoms with Crippen LogP contribution < -0.4 is 10.2 Å². The normalized spacial score (nSPS) is 17.1. The van der Waals surface area contributed by atoms with Gasteiger partial charge in [0.05, 0.1) is 30.5 Å². The van der Waals surface area contributed by atoms with Gasteiger partial charge in [-0.05, 0) is 98.2 Å². The summed E-state index contributed by atoms with van der Waals surface area (Å²) in [5.41, 5.74) is 8.14. The Morgan fingerprint density at radius 2 is 1.73 bits per heavy atom. The van der Waals surface area contributed by atoms with E-state index in [4.69, 9.17) is 17.0 Å². The van der Waals surface area contributed by atoms with E-state index in [0.29, 0.717) is 10.7 Å². The maximum absolute atomic E-state index is 11.9. The zero-order chi connectivity index (χ0) is 26.1. The van der Waals surface area contributed by atoms with Gasteiger partial charge in [-0.15, -0.1) is 0 Å². The molecule has 1 aliphatic rings. The lowest BCUT2D eigenvalue weighted by molar-refractivity contribution is 0.0600. The van der Waals surface area contributed by atoms with Crippen LogP contribution in [-0.4, -0.2) is 27.7 Å². The van der Waals surface area contributed by atoms with Gasteiger partial charge in [0.15, 0.2) is 5.11 Å². The number of carbonyl (C=O) groups excluding carboxylic acids is 1. The van der Waals surface area contributed by atoms with E-state index in [-0.39, 0.29) is 18.1 Å². The number of carbonyl (C=O) groups is 1. The first-order valence-electron chi connectivity index (χ1n) is 12.4. The standard InChI is InChI=1S/C30H30N4O2S/c1-5-21-9-13-24(14-10-21)34-28(27(32-30(34)37)26-8-6-7-17-31-26)25-18-19(2)33(20(25)3)23-15-11-22(12-16-23)29(35)36-4/h6-18,27-28H,5H2,1-4H3,(H,32,37)/t27-,28-/m1/s1. The van der Waals surface area contributed by atoms with Crippen LogP contribution in [0.25, 0.3) is 5.69 Å². The molecule has 0 unspecified atom stereocenters. The minimum absolute atomic E-state index is 0.0934. The molecule has 37 heavy (non-hydrogen) atoms. The molecule has 0 amide bonds. The predicted octanol–water partition coefficient (Wildman–Crippen LogP) is 6.02. The van der Waals surface area contributed by atoms with Crippen LogP contribution in [0.3, 0.4) is 0 Å². The van der Waals surface area contributed by atoms with E-state index < -0.39 is 0 Å². The number of benzene rings is 2. The molecule has 188 valence electrons. The van der Waals surface area contributed by atoms with Gasteiger partial charge in [-0.25, -0.2) is 4.79 Å². The van der Waals surface area contributed by atoms with E-state index >= 15 is 0 Å². The summed E-state index contributed by atoms with van der Waals surface area (Å²) < 4.78 is 7.07. The average molecular weight is 511 g/mol. The molecule has 1 aliphatic heterocycles. The monoisotopic (exact) mass is 510 g/mol. The van der Waals surface area contributed by atoms with Crippen LogP contribution in [0.15, 0.2) is 79.0 Å². The number of ether oxygens (including phenoxy) is 1. The Labute approximate surface area is 222 Å². The quantitative estimate of drug-likeness (QED) is 0.253. The number of rotatable bonds is 6. The van der Waals surface area contributed by atoms with Crippen LogP contribution >= 0.6 is 12.2 Å². The molecular formula is C30H30N4O2S. The highest BCUT2D eigenvalue weighted by atomic mass is 32.1. The molecule has 0 saturated carbocycles. The number of hydrogen-bond donors (Lipinski definition) is 1. The number of aromatic nitrogens is 2. The topological polar surface area (TPSA) is 59.4 Å². The maximum atomic E-state index is 11.9. The van der Waals surface area contributed by atoms with E-state index in [1.165, 1.54) is 12.7 Å². The van der Waals surface area contributed by atoms with E-state index in [2.05, 4.69) is 70.9 Å². The molecule has 0 radical (unpaired) electrons. The summed E-state index contributed by atoms with van der Waals surface area (Å²) >= 11 is 5.90. The van der Waals surface area contributed by atoms with Crippen molar-refractivity contribution in [1.29, 1.82) is 0 Å². The second kappa shape index (κ2) is 10.2. The number of thiocarbonyl (C=S) groups is 1.